The maximum absolute atomic E-state index is 11.7. The van der Waals surface area contributed by atoms with Gasteiger partial charge in [0.05, 0.1) is 10.9 Å². The van der Waals surface area contributed by atoms with Gasteiger partial charge in [0, 0.05) is 11.8 Å². The Bertz CT molecular complexity index is 591. The van der Waals surface area contributed by atoms with Crippen molar-refractivity contribution in [2.24, 2.45) is 0 Å². The normalized spacial score (nSPS) is 19.4. The van der Waals surface area contributed by atoms with Crippen LogP contribution in [0, 0.1) is 0 Å². The highest BCUT2D eigenvalue weighted by Gasteiger charge is 2.21. The van der Waals surface area contributed by atoms with Crippen molar-refractivity contribution in [3.8, 4) is 0 Å². The Morgan fingerprint density at radius 2 is 2.27 bits per heavy atom. The molecule has 0 radical (unpaired) electrons. The van der Waals surface area contributed by atoms with Crippen molar-refractivity contribution >= 4 is 22.7 Å². The van der Waals surface area contributed by atoms with E-state index in [0.29, 0.717) is 5.25 Å². The molecule has 3 rings (SSSR count). The average Bonchev–Trinajstić information content (AvgIpc) is 2.59. The fraction of sp³-hybridized carbons (Fsp3) is 0.273. The molecule has 2 heterocycles. The number of fused-ring (bicyclic) bond motifs is 3. The summed E-state index contributed by atoms with van der Waals surface area (Å²) < 4.78 is 2.13. The lowest BCUT2D eigenvalue weighted by Crippen LogP contribution is -2.13. The lowest BCUT2D eigenvalue weighted by Gasteiger charge is -2.06. The van der Waals surface area contributed by atoms with Crippen LogP contribution in [0.3, 0.4) is 0 Å². The van der Waals surface area contributed by atoms with E-state index in [0.717, 1.165) is 22.6 Å². The second-order valence-corrected chi connectivity index (χ2v) is 5.16. The third kappa shape index (κ3) is 1.28. The third-order valence-electron chi connectivity index (χ3n) is 2.60. The molecule has 0 aliphatic carbocycles. The van der Waals surface area contributed by atoms with E-state index in [4.69, 9.17) is 0 Å². The van der Waals surface area contributed by atoms with Crippen LogP contribution in [0.4, 0.5) is 0 Å². The molecule has 0 saturated heterocycles. The Morgan fingerprint density at radius 3 is 3.13 bits per heavy atom. The fourth-order valence-corrected chi connectivity index (χ4v) is 2.96. The first-order chi connectivity index (χ1) is 7.25. The van der Waals surface area contributed by atoms with E-state index in [1.807, 2.05) is 24.3 Å². The van der Waals surface area contributed by atoms with E-state index >= 15 is 0 Å². The predicted molar refractivity (Wildman–Crippen MR) is 61.3 cm³/mol. The molecule has 1 aromatic heterocycles. The van der Waals surface area contributed by atoms with Crippen LogP contribution in [0.2, 0.25) is 0 Å². The van der Waals surface area contributed by atoms with Crippen LogP contribution >= 0.6 is 11.8 Å². The minimum atomic E-state index is -0.113. The van der Waals surface area contributed by atoms with Crippen LogP contribution in [0.5, 0.6) is 0 Å². The van der Waals surface area contributed by atoms with Gasteiger partial charge in [0.2, 0.25) is 0 Å². The van der Waals surface area contributed by atoms with E-state index in [9.17, 15) is 4.79 Å². The summed E-state index contributed by atoms with van der Waals surface area (Å²) in [5.41, 5.74) is 0.891. The Balaban J connectivity index is 2.44. The zero-order chi connectivity index (χ0) is 10.4. The topological polar surface area (TPSA) is 34.9 Å². The zero-order valence-electron chi connectivity index (χ0n) is 8.30. The van der Waals surface area contributed by atoms with Crippen molar-refractivity contribution in [2.75, 3.05) is 0 Å². The Morgan fingerprint density at radius 1 is 1.47 bits per heavy atom. The number of benzene rings is 1. The molecule has 0 amide bonds. The van der Waals surface area contributed by atoms with Crippen molar-refractivity contribution < 1.29 is 0 Å². The van der Waals surface area contributed by atoms with E-state index in [1.54, 1.807) is 11.8 Å². The van der Waals surface area contributed by atoms with Crippen molar-refractivity contribution in [3.63, 3.8) is 0 Å². The lowest BCUT2D eigenvalue weighted by atomic mass is 10.2. The van der Waals surface area contributed by atoms with Crippen LogP contribution in [0.25, 0.3) is 10.9 Å². The number of rotatable bonds is 0. The summed E-state index contributed by atoms with van der Waals surface area (Å²) in [4.78, 5) is 15.8. The second kappa shape index (κ2) is 3.10. The zero-order valence-corrected chi connectivity index (χ0v) is 9.12. The summed E-state index contributed by atoms with van der Waals surface area (Å²) in [6.45, 7) is 3.09. The van der Waals surface area contributed by atoms with Gasteiger partial charge in [-0.1, -0.05) is 30.8 Å². The number of hydrogen-bond donors (Lipinski definition) is 0. The van der Waals surface area contributed by atoms with Gasteiger partial charge in [0.15, 0.2) is 5.16 Å². The molecule has 3 nitrogen and oxygen atoms in total. The summed E-state index contributed by atoms with van der Waals surface area (Å²) in [6.07, 6.45) is 0. The summed E-state index contributed by atoms with van der Waals surface area (Å²) in [5.74, 6) is 0. The van der Waals surface area contributed by atoms with Crippen molar-refractivity contribution in [2.45, 2.75) is 23.9 Å². The van der Waals surface area contributed by atoms with Gasteiger partial charge in [-0.15, -0.1) is 0 Å². The Kier molecular flexibility index (Phi) is 1.85. The highest BCUT2D eigenvalue weighted by atomic mass is 32.2. The lowest BCUT2D eigenvalue weighted by molar-refractivity contribution is 0.665. The molecule has 0 fully saturated rings. The Labute approximate surface area is 91.1 Å². The van der Waals surface area contributed by atoms with Crippen LogP contribution < -0.4 is 5.56 Å². The first-order valence-corrected chi connectivity index (χ1v) is 5.80. The van der Waals surface area contributed by atoms with Gasteiger partial charge < -0.3 is 4.57 Å². The van der Waals surface area contributed by atoms with Gasteiger partial charge in [-0.25, -0.2) is 0 Å². The summed E-state index contributed by atoms with van der Waals surface area (Å²) in [7, 11) is 0. The van der Waals surface area contributed by atoms with Gasteiger partial charge in [0.25, 0.3) is 5.56 Å². The highest BCUT2D eigenvalue weighted by Crippen LogP contribution is 2.31. The fourth-order valence-electron chi connectivity index (χ4n) is 1.94. The van der Waals surface area contributed by atoms with Crippen molar-refractivity contribution in [3.05, 3.63) is 34.6 Å². The quantitative estimate of drug-likeness (QED) is 0.633. The van der Waals surface area contributed by atoms with E-state index in [2.05, 4.69) is 16.5 Å². The van der Waals surface area contributed by atoms with E-state index in [1.165, 1.54) is 0 Å². The van der Waals surface area contributed by atoms with Crippen LogP contribution in [0.1, 0.15) is 6.92 Å². The first kappa shape index (κ1) is 8.97. The Hall–Kier alpha value is -1.29. The number of para-hydroxylation sites is 1. The minimum absolute atomic E-state index is 0.113. The summed E-state index contributed by atoms with van der Waals surface area (Å²) >= 11 is 1.67. The standard InChI is InChI=1S/C11H10N2OS/c1-7-6-13-9-5-3-2-4-8(9)10(14)12-11(13)15-7/h2-5,7H,6H2,1H3/t7-/m1/s1. The molecule has 0 spiro atoms. The molecule has 1 atom stereocenters. The van der Waals surface area contributed by atoms with Gasteiger partial charge in [-0.2, -0.15) is 4.98 Å². The second-order valence-electron chi connectivity index (χ2n) is 3.76. The van der Waals surface area contributed by atoms with E-state index in [-0.39, 0.29) is 5.56 Å². The molecule has 1 aliphatic heterocycles. The summed E-state index contributed by atoms with van der Waals surface area (Å²) in [5, 5.41) is 2.07. The third-order valence-corrected chi connectivity index (χ3v) is 3.67. The molecule has 0 unspecified atom stereocenters. The van der Waals surface area contributed by atoms with Gasteiger partial charge in [-0.05, 0) is 12.1 Å². The number of hydrogen-bond acceptors (Lipinski definition) is 3. The van der Waals surface area contributed by atoms with Crippen molar-refractivity contribution in [1.29, 1.82) is 0 Å². The highest BCUT2D eigenvalue weighted by molar-refractivity contribution is 7.99. The molecule has 1 aromatic carbocycles. The number of thioether (sulfide) groups is 1. The molecule has 1 aliphatic rings. The summed E-state index contributed by atoms with van der Waals surface area (Å²) in [6, 6.07) is 7.67. The maximum atomic E-state index is 11.7. The number of nitrogens with zero attached hydrogens (tertiary/aromatic N) is 2. The molecule has 2 aromatic rings. The molecule has 4 heteroatoms. The van der Waals surface area contributed by atoms with Crippen LogP contribution in [-0.4, -0.2) is 14.8 Å². The minimum Gasteiger partial charge on any atom is -0.319 e. The smallest absolute Gasteiger partial charge is 0.281 e. The van der Waals surface area contributed by atoms with Gasteiger partial charge >= 0.3 is 0 Å². The SMILES string of the molecule is C[C@@H]1Cn2c(nc(=O)c3ccccc32)S1. The molecule has 15 heavy (non-hydrogen) atoms. The number of aromatic nitrogens is 2. The molecular weight excluding hydrogens is 208 g/mol. The van der Waals surface area contributed by atoms with Crippen molar-refractivity contribution in [1.82, 2.24) is 9.55 Å². The molecule has 0 bridgehead atoms. The van der Waals surface area contributed by atoms with Gasteiger partial charge in [-0.3, -0.25) is 4.79 Å². The first-order valence-electron chi connectivity index (χ1n) is 4.92. The van der Waals surface area contributed by atoms with Crippen LogP contribution in [0.15, 0.2) is 34.2 Å². The maximum Gasteiger partial charge on any atom is 0.281 e. The molecular formula is C11H10N2OS. The average molecular weight is 218 g/mol. The van der Waals surface area contributed by atoms with E-state index < -0.39 is 0 Å². The molecule has 0 N–H and O–H groups in total. The predicted octanol–water partition coefficient (Wildman–Crippen LogP) is 1.89. The van der Waals surface area contributed by atoms with Crippen LogP contribution in [-0.2, 0) is 6.54 Å². The monoisotopic (exact) mass is 218 g/mol. The molecule has 0 saturated carbocycles. The van der Waals surface area contributed by atoms with Gasteiger partial charge in [0.1, 0.15) is 0 Å². The molecule has 76 valence electrons. The largest absolute Gasteiger partial charge is 0.319 e.